The van der Waals surface area contributed by atoms with E-state index in [9.17, 15) is 69.1 Å². The standard InChI is InChI=1S/2C19H28O4.C19H28O3.C17H24F2O2.3C17H26O3/c2*1-3-7-18(21)15-9-6-10-17(12-15)22-13-16-8-4-5-11-19(16)23-14(2)20;1-3-4-8-16-11-17(19(20)21-2)13-18(12-16)22-14-15-9-6-5-7-10-15;1-2-4-16(20)14-5-3-6-15(11-14)21-12-13-7-9-17(18,19)10-8-13;2*1-2-6-16(18)13-8-5-9-15(11-13)20-12-14-7-3-4-10-17(14)19;1-2-4-17(19)14-5-3-6-16(11-14)20-12-13-7-9-15(18)10-8-13/h2*6,9-10,12,16,18-19,21H,3-5,7-8,11,13H2,1-2H3;11-13,15H,3-10,14H2,1-2H3;3,5-6,11,13,16,20H,2,4,7-10,12H2,1H3;2*5,8-9,11,14,16-19H,2-4,6-7,10,12H2,1H3;3,5-6,11,13,15,17-19H,2,4,7-10,12H2,1H3/t16-,18+,19+;16-,18-,19-;;;14-,16+,17+;14-,16-,17-;13?,15?,17-/m01..011/s1. The number of methoxy groups -OCH3 is 1. The van der Waals surface area contributed by atoms with Crippen LogP contribution >= 0.6 is 0 Å². The highest BCUT2D eigenvalue weighted by Crippen LogP contribution is 2.40. The molecule has 0 radical (unpaired) electrons. The Bertz CT molecular complexity index is 4610. The summed E-state index contributed by atoms with van der Waals surface area (Å²) in [5.74, 6) is 4.64. The van der Waals surface area contributed by atoms with E-state index in [1.54, 1.807) is 0 Å². The first kappa shape index (κ1) is 125. The van der Waals surface area contributed by atoms with Gasteiger partial charge in [-0.3, -0.25) is 9.59 Å². The Hall–Kier alpha value is -8.95. The van der Waals surface area contributed by atoms with E-state index in [0.717, 1.165) is 292 Å². The zero-order chi connectivity index (χ0) is 108. The van der Waals surface area contributed by atoms with Crippen molar-refractivity contribution in [2.45, 2.75) is 418 Å². The molecule has 7 saturated carbocycles. The molecule has 0 heterocycles. The molecule has 1 unspecified atom stereocenters. The lowest BCUT2D eigenvalue weighted by atomic mass is 9.87. The van der Waals surface area contributed by atoms with E-state index < -0.39 is 42.5 Å². The number of ether oxygens (including phenoxy) is 10. The van der Waals surface area contributed by atoms with Gasteiger partial charge in [-0.2, -0.15) is 0 Å². The van der Waals surface area contributed by atoms with E-state index in [0.29, 0.717) is 75.6 Å². The summed E-state index contributed by atoms with van der Waals surface area (Å²) in [6, 6.07) is 51.7. The lowest BCUT2D eigenvalue weighted by molar-refractivity contribution is -0.152. The van der Waals surface area contributed by atoms with Gasteiger partial charge in [0.1, 0.15) is 52.5 Å². The fourth-order valence-electron chi connectivity index (χ4n) is 20.6. The van der Waals surface area contributed by atoms with Gasteiger partial charge in [0.2, 0.25) is 5.92 Å². The second-order valence-corrected chi connectivity index (χ2v) is 42.5. The summed E-state index contributed by atoms with van der Waals surface area (Å²) in [5, 5.41) is 89.6. The minimum atomic E-state index is -2.49. The average Bonchev–Trinajstić information content (AvgIpc) is 0.870. The number of esters is 3. The smallest absolute Gasteiger partial charge is 0.337 e. The largest absolute Gasteiger partial charge is 0.493 e. The first-order chi connectivity index (χ1) is 72.0. The zero-order valence-electron chi connectivity index (χ0n) is 91.6. The van der Waals surface area contributed by atoms with Crippen molar-refractivity contribution >= 4 is 17.9 Å². The molecule has 0 bridgehead atoms. The molecule has 14 rings (SSSR count). The molecule has 149 heavy (non-hydrogen) atoms. The molecule has 0 amide bonds. The minimum Gasteiger partial charge on any atom is -0.493 e. The van der Waals surface area contributed by atoms with E-state index in [1.165, 1.54) is 65.9 Å². The lowest BCUT2D eigenvalue weighted by Gasteiger charge is -2.30. The Labute approximate surface area is 890 Å². The maximum atomic E-state index is 13.1. The first-order valence-electron chi connectivity index (χ1n) is 57.1. The third kappa shape index (κ3) is 48.5. The molecular weight excluding hydrogens is 1890 g/mol. The number of aryl methyl sites for hydroxylation is 1. The van der Waals surface area contributed by atoms with Gasteiger partial charge in [-0.1, -0.05) is 224 Å². The molecule has 7 aromatic carbocycles. The van der Waals surface area contributed by atoms with Crippen molar-refractivity contribution in [3.8, 4) is 40.2 Å². The van der Waals surface area contributed by atoms with Crippen LogP contribution in [-0.2, 0) is 30.2 Å². The van der Waals surface area contributed by atoms with Gasteiger partial charge < -0.3 is 93.3 Å². The van der Waals surface area contributed by atoms with Gasteiger partial charge in [0.15, 0.2) is 0 Å². The quantitative estimate of drug-likeness (QED) is 0.0126. The number of carbonyl (C=O) groups excluding carboxylic acids is 3. The third-order valence-corrected chi connectivity index (χ3v) is 29.8. The summed E-state index contributed by atoms with van der Waals surface area (Å²) in [6.07, 6.45) is 38.5. The Morgan fingerprint density at radius 1 is 0.315 bits per heavy atom. The fraction of sp³-hybridized carbons (Fsp3) is 0.640. The van der Waals surface area contributed by atoms with Gasteiger partial charge in [0.05, 0.1) is 114 Å². The van der Waals surface area contributed by atoms with E-state index in [2.05, 4.69) is 47.6 Å². The molecule has 7 aliphatic rings. The van der Waals surface area contributed by atoms with Crippen molar-refractivity contribution < 1.29 is 116 Å². The van der Waals surface area contributed by atoms with Crippen molar-refractivity contribution in [3.63, 3.8) is 0 Å². The summed E-state index contributed by atoms with van der Waals surface area (Å²) in [7, 11) is 1.42. The molecule has 832 valence electrons. The van der Waals surface area contributed by atoms with Crippen LogP contribution in [0.2, 0.25) is 0 Å². The van der Waals surface area contributed by atoms with Crippen molar-refractivity contribution in [2.75, 3.05) is 53.4 Å². The van der Waals surface area contributed by atoms with Crippen molar-refractivity contribution in [3.05, 3.63) is 208 Å². The molecule has 0 spiro atoms. The van der Waals surface area contributed by atoms with E-state index in [-0.39, 0.29) is 90.9 Å². The minimum absolute atomic E-state index is 0.0315. The number of benzene rings is 7. The summed E-state index contributed by atoms with van der Waals surface area (Å²) in [6.45, 7) is 21.6. The number of hydrogen-bond donors (Lipinski definition) is 9. The predicted molar refractivity (Wildman–Crippen MR) is 585 cm³/mol. The number of carbonyl (C=O) groups is 3. The summed E-state index contributed by atoms with van der Waals surface area (Å²) >= 11 is 0. The van der Waals surface area contributed by atoms with E-state index in [1.807, 2.05) is 165 Å². The lowest BCUT2D eigenvalue weighted by Crippen LogP contribution is -2.33. The van der Waals surface area contributed by atoms with Crippen LogP contribution in [0.15, 0.2) is 164 Å². The third-order valence-electron chi connectivity index (χ3n) is 29.8. The molecule has 7 aromatic rings. The number of halogens is 2. The molecule has 0 aliphatic heterocycles. The normalized spacial score (nSPS) is 21.9. The molecule has 7 fully saturated rings. The highest BCUT2D eigenvalue weighted by Gasteiger charge is 2.36. The molecule has 0 saturated heterocycles. The van der Waals surface area contributed by atoms with Crippen molar-refractivity contribution in [2.24, 2.45) is 41.4 Å². The maximum Gasteiger partial charge on any atom is 0.337 e. The topological polar surface area (TPSA) is 326 Å². The maximum absolute atomic E-state index is 13.1. The highest BCUT2D eigenvalue weighted by molar-refractivity contribution is 5.90. The molecule has 7 aliphatic carbocycles. The molecule has 24 heteroatoms. The molecule has 0 aromatic heterocycles. The van der Waals surface area contributed by atoms with Gasteiger partial charge >= 0.3 is 17.9 Å². The Morgan fingerprint density at radius 3 is 0.906 bits per heavy atom. The van der Waals surface area contributed by atoms with Gasteiger partial charge in [-0.05, 0) is 315 Å². The Balaban J connectivity index is 0.000000212. The summed E-state index contributed by atoms with van der Waals surface area (Å²) in [4.78, 5) is 34.3. The van der Waals surface area contributed by atoms with Crippen LogP contribution in [0.25, 0.3) is 0 Å². The molecular formula is C125H186F2O22. The Kier molecular flexibility index (Phi) is 59.8. The summed E-state index contributed by atoms with van der Waals surface area (Å²) < 4.78 is 82.9. The zero-order valence-corrected chi connectivity index (χ0v) is 91.6. The molecule has 14 atom stereocenters. The van der Waals surface area contributed by atoms with Gasteiger partial charge in [0, 0.05) is 50.4 Å². The monoisotopic (exact) mass is 2080 g/mol. The number of aliphatic hydroxyl groups excluding tert-OH is 9. The van der Waals surface area contributed by atoms with Crippen LogP contribution in [0.1, 0.15) is 424 Å². The van der Waals surface area contributed by atoms with Crippen LogP contribution in [0, 0.1) is 41.4 Å². The van der Waals surface area contributed by atoms with Crippen LogP contribution in [0.4, 0.5) is 8.78 Å². The first-order valence-corrected chi connectivity index (χ1v) is 57.1. The average molecular weight is 2080 g/mol. The van der Waals surface area contributed by atoms with E-state index in [4.69, 9.17) is 47.4 Å². The number of aliphatic hydroxyl groups is 9. The molecule has 22 nitrogen and oxygen atoms in total. The second kappa shape index (κ2) is 71.1. The van der Waals surface area contributed by atoms with Crippen LogP contribution in [0.3, 0.4) is 0 Å². The number of hydrogen-bond acceptors (Lipinski definition) is 22. The van der Waals surface area contributed by atoms with E-state index >= 15 is 0 Å². The number of unbranched alkanes of at least 4 members (excludes halogenated alkanes) is 1. The number of alkyl halides is 2. The predicted octanol–water partition coefficient (Wildman–Crippen LogP) is 27.9. The van der Waals surface area contributed by atoms with Crippen molar-refractivity contribution in [1.82, 2.24) is 0 Å². The molecule has 9 N–H and O–H groups in total. The Morgan fingerprint density at radius 2 is 0.597 bits per heavy atom. The highest BCUT2D eigenvalue weighted by atomic mass is 19.3. The van der Waals surface area contributed by atoms with Crippen LogP contribution in [-0.4, -0.2) is 154 Å². The van der Waals surface area contributed by atoms with Gasteiger partial charge in [0.25, 0.3) is 0 Å². The van der Waals surface area contributed by atoms with Gasteiger partial charge in [-0.15, -0.1) is 0 Å². The fourth-order valence-corrected chi connectivity index (χ4v) is 20.6. The van der Waals surface area contributed by atoms with Crippen molar-refractivity contribution in [1.29, 1.82) is 0 Å². The van der Waals surface area contributed by atoms with Crippen LogP contribution < -0.4 is 33.2 Å². The van der Waals surface area contributed by atoms with Crippen LogP contribution in [0.5, 0.6) is 40.2 Å². The summed E-state index contributed by atoms with van der Waals surface area (Å²) in [5.41, 5.74) is 7.14. The second-order valence-electron chi connectivity index (χ2n) is 42.5. The van der Waals surface area contributed by atoms with Gasteiger partial charge in [-0.25, -0.2) is 13.6 Å². The SMILES string of the molecule is CCCC(O)c1cccc(OCC2CCC(F)(F)CC2)c1.CCCCc1cc(OCC2CCCCC2)cc(C(=O)OC)c1.CCC[C@@H](O)c1cccc(OCC2CCC(O)CC2)c1.CCC[C@@H](O)c1cccc(OC[C@@H]2CCCC[C@H]2O)c1.CCC[C@@H](O)c1cccc(OC[C@@H]2CCCC[C@H]2OC(C)=O)c1.CCC[C@@H](O)c1cccc(OC[C@H]2CCCC[C@H]2O)c1.CCC[C@@H](O)c1cccc(OC[C@H]2CCCC[C@H]2OC(C)=O)c1. The number of rotatable bonds is 45.